The number of hydrogen-bond donors (Lipinski definition) is 1. The number of amides is 1. The summed E-state index contributed by atoms with van der Waals surface area (Å²) in [5.41, 5.74) is 4.76. The molecule has 11 heteroatoms. The van der Waals surface area contributed by atoms with Gasteiger partial charge in [0.25, 0.3) is 0 Å². The Morgan fingerprint density at radius 1 is 1.02 bits per heavy atom. The Bertz CT molecular complexity index is 1580. The number of anilines is 1. The Morgan fingerprint density at radius 2 is 1.73 bits per heavy atom. The van der Waals surface area contributed by atoms with Crippen LogP contribution in [0.25, 0.3) is 0 Å². The Labute approximate surface area is 243 Å². The van der Waals surface area contributed by atoms with E-state index in [2.05, 4.69) is 15.5 Å². The molecule has 1 N–H and O–H groups in total. The van der Waals surface area contributed by atoms with Crippen LogP contribution in [0.2, 0.25) is 5.02 Å². The highest BCUT2D eigenvalue weighted by molar-refractivity contribution is 8.14. The van der Waals surface area contributed by atoms with Gasteiger partial charge in [-0.25, -0.2) is 8.42 Å². The second-order valence-electron chi connectivity index (χ2n) is 9.53. The van der Waals surface area contributed by atoms with Crippen LogP contribution in [-0.2, 0) is 19.6 Å². The van der Waals surface area contributed by atoms with Crippen molar-refractivity contribution in [3.05, 3.63) is 94.0 Å². The molecule has 0 aromatic heterocycles. The van der Waals surface area contributed by atoms with Gasteiger partial charge < -0.3 is 10.1 Å². The monoisotopic (exact) mass is 596 g/mol. The molecule has 208 valence electrons. The van der Waals surface area contributed by atoms with Crippen LogP contribution in [0, 0.1) is 13.8 Å². The van der Waals surface area contributed by atoms with E-state index in [0.717, 1.165) is 22.4 Å². The Balaban J connectivity index is 1.40. The van der Waals surface area contributed by atoms with Crippen LogP contribution in [0.3, 0.4) is 0 Å². The van der Waals surface area contributed by atoms with Crippen molar-refractivity contribution in [1.82, 2.24) is 4.31 Å². The second kappa shape index (κ2) is 12.2. The summed E-state index contributed by atoms with van der Waals surface area (Å²) in [5, 5.41) is 13.1. The van der Waals surface area contributed by atoms with Gasteiger partial charge >= 0.3 is 0 Å². The molecule has 0 bridgehead atoms. The summed E-state index contributed by atoms with van der Waals surface area (Å²) in [6.07, 6.45) is 0. The molecule has 1 unspecified atom stereocenters. The Kier molecular flexibility index (Phi) is 8.72. The summed E-state index contributed by atoms with van der Waals surface area (Å²) in [6.45, 7) is 5.26. The van der Waals surface area contributed by atoms with E-state index in [1.165, 1.54) is 16.1 Å². The molecule has 8 nitrogen and oxygen atoms in total. The van der Waals surface area contributed by atoms with E-state index in [4.69, 9.17) is 16.3 Å². The molecule has 3 aromatic carbocycles. The van der Waals surface area contributed by atoms with Gasteiger partial charge in [-0.1, -0.05) is 71.9 Å². The minimum absolute atomic E-state index is 0.127. The molecule has 40 heavy (non-hydrogen) atoms. The fourth-order valence-corrected chi connectivity index (χ4v) is 7.29. The van der Waals surface area contributed by atoms with Crippen molar-refractivity contribution >= 4 is 55.7 Å². The number of carbonyl (C=O) groups excluding carboxylic acids is 1. The lowest BCUT2D eigenvalue weighted by atomic mass is 9.91. The molecule has 3 aromatic rings. The van der Waals surface area contributed by atoms with Gasteiger partial charge in [0, 0.05) is 29.4 Å². The van der Waals surface area contributed by atoms with Crippen molar-refractivity contribution in [1.29, 1.82) is 0 Å². The number of ether oxygens (including phenoxy) is 1. The van der Waals surface area contributed by atoms with E-state index in [0.29, 0.717) is 47.6 Å². The molecule has 1 saturated heterocycles. The fourth-order valence-electron chi connectivity index (χ4n) is 4.74. The lowest BCUT2D eigenvalue weighted by Crippen LogP contribution is -2.40. The maximum atomic E-state index is 13.3. The number of benzene rings is 3. The summed E-state index contributed by atoms with van der Waals surface area (Å²) < 4.78 is 33.4. The third-order valence-electron chi connectivity index (χ3n) is 6.83. The number of sulfonamides is 1. The van der Waals surface area contributed by atoms with Crippen molar-refractivity contribution in [3.63, 3.8) is 0 Å². The first-order valence-corrected chi connectivity index (χ1v) is 15.6. The largest absolute Gasteiger partial charge is 0.379 e. The standard InChI is InChI=1S/C29H29ClN4O4S2/c1-19-7-5-8-20(2)27(19)31-25(35)18-39-29-26(23-11-3-4-12-24(23)30)28(32-33-29)21-9-6-10-22(17-21)40(36,37)34-13-15-38-16-14-34/h3-12,17,26H,13-16,18H2,1-2H3,(H,31,35). The van der Waals surface area contributed by atoms with Gasteiger partial charge in [0.15, 0.2) is 0 Å². The van der Waals surface area contributed by atoms with Crippen LogP contribution < -0.4 is 5.32 Å². The molecule has 2 aliphatic rings. The number of halogens is 1. The van der Waals surface area contributed by atoms with Gasteiger partial charge in [0.2, 0.25) is 15.9 Å². The summed E-state index contributed by atoms with van der Waals surface area (Å²) in [7, 11) is -3.70. The SMILES string of the molecule is Cc1cccc(C)c1NC(=O)CSC1=NN=C(c2cccc(S(=O)(=O)N3CCOCC3)c2)C1c1ccccc1Cl. The second-order valence-corrected chi connectivity index (χ2v) is 12.9. The summed E-state index contributed by atoms with van der Waals surface area (Å²) in [6, 6.07) is 20.0. The number of thioether (sulfide) groups is 1. The molecule has 5 rings (SSSR count). The lowest BCUT2D eigenvalue weighted by molar-refractivity contribution is -0.113. The van der Waals surface area contributed by atoms with Crippen LogP contribution >= 0.6 is 23.4 Å². The maximum Gasteiger partial charge on any atom is 0.243 e. The normalized spacial score (nSPS) is 17.8. The molecule has 1 amide bonds. The number of carbonyl (C=O) groups is 1. The minimum atomic E-state index is -3.70. The van der Waals surface area contributed by atoms with E-state index in [1.54, 1.807) is 24.3 Å². The average Bonchev–Trinajstić information content (AvgIpc) is 3.38. The lowest BCUT2D eigenvalue weighted by Gasteiger charge is -2.26. The minimum Gasteiger partial charge on any atom is -0.379 e. The first-order valence-electron chi connectivity index (χ1n) is 12.8. The number of para-hydroxylation sites is 1. The van der Waals surface area contributed by atoms with Crippen LogP contribution in [-0.4, -0.2) is 61.4 Å². The zero-order valence-electron chi connectivity index (χ0n) is 22.1. The molecule has 0 radical (unpaired) electrons. The third kappa shape index (κ3) is 6.01. The Hall–Kier alpha value is -3.02. The molecule has 0 spiro atoms. The molecular formula is C29H29ClN4O4S2. The first-order chi connectivity index (χ1) is 19.3. The molecule has 0 saturated carbocycles. The van der Waals surface area contributed by atoms with Crippen LogP contribution in [0.1, 0.15) is 28.2 Å². The highest BCUT2D eigenvalue weighted by Crippen LogP contribution is 2.37. The van der Waals surface area contributed by atoms with Gasteiger partial charge in [-0.05, 0) is 48.7 Å². The number of hydrogen-bond acceptors (Lipinski definition) is 7. The number of aryl methyl sites for hydroxylation is 2. The van der Waals surface area contributed by atoms with Crippen molar-refractivity contribution in [2.45, 2.75) is 24.7 Å². The van der Waals surface area contributed by atoms with Crippen molar-refractivity contribution in [3.8, 4) is 0 Å². The third-order valence-corrected chi connectivity index (χ3v) is 10.1. The average molecular weight is 597 g/mol. The van der Waals surface area contributed by atoms with Gasteiger partial charge in [-0.2, -0.15) is 9.41 Å². The highest BCUT2D eigenvalue weighted by atomic mass is 35.5. The van der Waals surface area contributed by atoms with E-state index in [9.17, 15) is 13.2 Å². The van der Waals surface area contributed by atoms with Crippen LogP contribution in [0.4, 0.5) is 5.69 Å². The summed E-state index contributed by atoms with van der Waals surface area (Å²) in [4.78, 5) is 13.1. The van der Waals surface area contributed by atoms with E-state index >= 15 is 0 Å². The molecule has 1 fully saturated rings. The van der Waals surface area contributed by atoms with Crippen LogP contribution in [0.5, 0.6) is 0 Å². The Morgan fingerprint density at radius 3 is 2.45 bits per heavy atom. The summed E-state index contributed by atoms with van der Waals surface area (Å²) >= 11 is 7.91. The number of rotatable bonds is 7. The quantitative estimate of drug-likeness (QED) is 0.401. The maximum absolute atomic E-state index is 13.3. The van der Waals surface area contributed by atoms with Gasteiger partial charge in [-0.15, -0.1) is 5.10 Å². The molecule has 0 aliphatic carbocycles. The topological polar surface area (TPSA) is 100 Å². The van der Waals surface area contributed by atoms with E-state index in [1.807, 2.05) is 56.3 Å². The predicted molar refractivity (Wildman–Crippen MR) is 161 cm³/mol. The van der Waals surface area contributed by atoms with Gasteiger partial charge in [-0.3, -0.25) is 4.79 Å². The zero-order chi connectivity index (χ0) is 28.3. The number of morpholine rings is 1. The predicted octanol–water partition coefficient (Wildman–Crippen LogP) is 5.25. The molecular weight excluding hydrogens is 568 g/mol. The van der Waals surface area contributed by atoms with Gasteiger partial charge in [0.05, 0.1) is 35.5 Å². The van der Waals surface area contributed by atoms with Crippen molar-refractivity contribution in [2.24, 2.45) is 10.2 Å². The number of nitrogens with zero attached hydrogens (tertiary/aromatic N) is 3. The summed E-state index contributed by atoms with van der Waals surface area (Å²) in [5.74, 6) is -0.481. The van der Waals surface area contributed by atoms with E-state index in [-0.39, 0.29) is 16.6 Å². The molecule has 2 aliphatic heterocycles. The van der Waals surface area contributed by atoms with Gasteiger partial charge in [0.1, 0.15) is 5.04 Å². The van der Waals surface area contributed by atoms with Crippen LogP contribution in [0.15, 0.2) is 81.8 Å². The smallest absolute Gasteiger partial charge is 0.243 e. The van der Waals surface area contributed by atoms with Crippen molar-refractivity contribution < 1.29 is 17.9 Å². The van der Waals surface area contributed by atoms with Crippen molar-refractivity contribution in [2.75, 3.05) is 37.4 Å². The number of nitrogens with one attached hydrogen (secondary N) is 1. The fraction of sp³-hybridized carbons (Fsp3) is 0.276. The zero-order valence-corrected chi connectivity index (χ0v) is 24.5. The molecule has 1 atom stereocenters. The molecule has 2 heterocycles. The first kappa shape index (κ1) is 28.5. The van der Waals surface area contributed by atoms with E-state index < -0.39 is 15.9 Å². The highest BCUT2D eigenvalue weighted by Gasteiger charge is 2.34.